The minimum absolute atomic E-state index is 0.0895. The highest BCUT2D eigenvalue weighted by molar-refractivity contribution is 6.35. The van der Waals surface area contributed by atoms with Crippen LogP contribution in [0.15, 0.2) is 18.2 Å². The summed E-state index contributed by atoms with van der Waals surface area (Å²) in [7, 11) is 0. The van der Waals surface area contributed by atoms with E-state index in [-0.39, 0.29) is 5.82 Å². The first-order valence-corrected chi connectivity index (χ1v) is 10.7. The lowest BCUT2D eigenvalue weighted by Crippen LogP contribution is -2.47. The Labute approximate surface area is 149 Å². The van der Waals surface area contributed by atoms with E-state index < -0.39 is 0 Å². The molecule has 24 heavy (non-hydrogen) atoms. The predicted octanol–water partition coefficient (Wildman–Crippen LogP) is 2.55. The topological polar surface area (TPSA) is 24.5 Å². The Morgan fingerprint density at radius 3 is 2.67 bits per heavy atom. The van der Waals surface area contributed by atoms with Crippen molar-refractivity contribution in [1.82, 2.24) is 9.20 Å². The van der Waals surface area contributed by atoms with Crippen LogP contribution in [0.2, 0.25) is 4.78 Å². The Kier molecular flexibility index (Phi) is 4.19. The number of fused-ring (bicyclic) bond motifs is 2. The Hall–Kier alpha value is -0.438. The summed E-state index contributed by atoms with van der Waals surface area (Å²) >= 11 is 0.320. The number of hydrogen-bond acceptors (Lipinski definition) is 3. The lowest BCUT2D eigenvalue weighted by molar-refractivity contribution is 0.122. The fourth-order valence-corrected chi connectivity index (χ4v) is 6.27. The van der Waals surface area contributed by atoms with Crippen LogP contribution in [0.25, 0.3) is 0 Å². The summed E-state index contributed by atoms with van der Waals surface area (Å²) in [5.41, 5.74) is 2.58. The normalized spacial score (nSPS) is 35.7. The number of hydrogen-bond donors (Lipinski definition) is 1. The Balaban J connectivity index is 1.39. The fourth-order valence-electron chi connectivity index (χ4n) is 4.86. The SMILES string of the molecule is Fc1ccc2c(c1)CCC(N1CC3COCC3C1)C2[NH][Al][CH]1CC1. The largest absolute Gasteiger partial charge is 0.398 e. The van der Waals surface area contributed by atoms with Crippen molar-refractivity contribution in [1.29, 1.82) is 0 Å². The van der Waals surface area contributed by atoms with Crippen molar-refractivity contribution < 1.29 is 9.13 Å². The van der Waals surface area contributed by atoms with Crippen molar-refractivity contribution in [3.8, 4) is 0 Å². The maximum Gasteiger partial charge on any atom is 0.323 e. The van der Waals surface area contributed by atoms with Crippen LogP contribution in [0, 0.1) is 17.7 Å². The van der Waals surface area contributed by atoms with E-state index in [0.717, 1.165) is 42.7 Å². The van der Waals surface area contributed by atoms with Gasteiger partial charge in [0.25, 0.3) is 0 Å². The van der Waals surface area contributed by atoms with Gasteiger partial charge in [0.1, 0.15) is 5.82 Å². The summed E-state index contributed by atoms with van der Waals surface area (Å²) in [6, 6.07) is 6.42. The molecule has 4 aliphatic rings. The highest BCUT2D eigenvalue weighted by Crippen LogP contribution is 2.40. The smallest absolute Gasteiger partial charge is 0.323 e. The first kappa shape index (κ1) is 15.8. The standard InChI is InChI=1S/C16H20FN2O.C3H5.Al/c17-13-2-3-14-10(5-13)1-4-15(16(14)18)19-6-11-8-20-9-12(11)7-19;1-2-3-1;/h2-3,5,11-12,15-16,18H,1,4,6-9H2;1H,2-3H2;/q-1;;+1. The van der Waals surface area contributed by atoms with Crippen molar-refractivity contribution in [2.45, 2.75) is 42.5 Å². The molecule has 3 nitrogen and oxygen atoms in total. The number of nitrogens with one attached hydrogen (secondary N) is 1. The maximum absolute atomic E-state index is 13.7. The molecule has 127 valence electrons. The molecular weight excluding hydrogens is 318 g/mol. The summed E-state index contributed by atoms with van der Waals surface area (Å²) in [4.78, 5) is 2.72. The molecule has 1 N–H and O–H groups in total. The van der Waals surface area contributed by atoms with Crippen LogP contribution in [-0.4, -0.2) is 52.7 Å². The van der Waals surface area contributed by atoms with Crippen LogP contribution in [-0.2, 0) is 11.2 Å². The molecule has 4 unspecified atom stereocenters. The summed E-state index contributed by atoms with van der Waals surface area (Å²) < 4.78 is 24.2. The van der Waals surface area contributed by atoms with Crippen molar-refractivity contribution >= 4 is 15.4 Å². The van der Waals surface area contributed by atoms with Crippen molar-refractivity contribution in [3.63, 3.8) is 0 Å². The van der Waals surface area contributed by atoms with Crippen LogP contribution < -0.4 is 4.30 Å². The molecule has 2 saturated heterocycles. The van der Waals surface area contributed by atoms with Crippen LogP contribution in [0.3, 0.4) is 0 Å². The molecule has 1 aromatic carbocycles. The number of aryl methyl sites for hydroxylation is 1. The van der Waals surface area contributed by atoms with Gasteiger partial charge in [-0.2, -0.15) is 0 Å². The van der Waals surface area contributed by atoms with Gasteiger partial charge < -0.3 is 9.04 Å². The van der Waals surface area contributed by atoms with Crippen molar-refractivity contribution in [2.24, 2.45) is 11.8 Å². The molecule has 0 amide bonds. The van der Waals surface area contributed by atoms with Gasteiger partial charge in [0.2, 0.25) is 0 Å². The third-order valence-corrected chi connectivity index (χ3v) is 8.10. The number of nitrogens with zero attached hydrogens (tertiary/aromatic N) is 1. The lowest BCUT2D eigenvalue weighted by atomic mass is 9.83. The maximum atomic E-state index is 13.7. The summed E-state index contributed by atoms with van der Waals surface area (Å²) in [6.45, 7) is 4.26. The lowest BCUT2D eigenvalue weighted by Gasteiger charge is -2.40. The molecule has 1 saturated carbocycles. The fraction of sp³-hybridized carbons (Fsp3) is 0.684. The molecule has 0 aromatic heterocycles. The minimum atomic E-state index is -0.0895. The number of ether oxygens (including phenoxy) is 1. The van der Waals surface area contributed by atoms with Crippen LogP contribution >= 0.6 is 0 Å². The highest BCUT2D eigenvalue weighted by atomic mass is 27.1. The summed E-state index contributed by atoms with van der Waals surface area (Å²) in [5.74, 6) is 1.38. The zero-order valence-electron chi connectivity index (χ0n) is 14.1. The molecule has 1 aromatic rings. The molecule has 2 heterocycles. The van der Waals surface area contributed by atoms with Crippen LogP contribution in [0.1, 0.15) is 36.4 Å². The summed E-state index contributed by atoms with van der Waals surface area (Å²) in [5, 5.41) is 0. The van der Waals surface area contributed by atoms with Gasteiger partial charge >= 0.3 is 15.4 Å². The monoisotopic (exact) mass is 343 g/mol. The second-order valence-corrected chi connectivity index (χ2v) is 9.72. The molecule has 5 heteroatoms. The molecule has 2 aliphatic carbocycles. The van der Waals surface area contributed by atoms with E-state index in [0.29, 0.717) is 27.5 Å². The quantitative estimate of drug-likeness (QED) is 0.851. The zero-order valence-corrected chi connectivity index (χ0v) is 15.2. The Bertz CT molecular complexity index is 611. The van der Waals surface area contributed by atoms with Gasteiger partial charge in [-0.25, -0.2) is 4.39 Å². The number of halogens is 1. The van der Waals surface area contributed by atoms with Gasteiger partial charge in [-0.1, -0.05) is 23.7 Å². The molecule has 0 bridgehead atoms. The van der Waals surface area contributed by atoms with Crippen LogP contribution in [0.4, 0.5) is 4.39 Å². The molecule has 4 atom stereocenters. The number of benzene rings is 1. The Morgan fingerprint density at radius 2 is 1.92 bits per heavy atom. The van der Waals surface area contributed by atoms with Crippen molar-refractivity contribution in [2.75, 3.05) is 26.3 Å². The van der Waals surface area contributed by atoms with Gasteiger partial charge in [0.15, 0.2) is 0 Å². The first-order valence-electron chi connectivity index (χ1n) is 9.47. The first-order chi connectivity index (χ1) is 11.8. The van der Waals surface area contributed by atoms with Gasteiger partial charge in [-0.15, -0.1) is 0 Å². The second-order valence-electron chi connectivity index (χ2n) is 8.11. The molecule has 0 spiro atoms. The molecule has 5 rings (SSSR count). The van der Waals surface area contributed by atoms with Crippen molar-refractivity contribution in [3.05, 3.63) is 35.1 Å². The van der Waals surface area contributed by atoms with Gasteiger partial charge in [-0.05, 0) is 36.1 Å². The van der Waals surface area contributed by atoms with Crippen LogP contribution in [0.5, 0.6) is 0 Å². The summed E-state index contributed by atoms with van der Waals surface area (Å²) in [6.07, 6.45) is 4.97. The zero-order chi connectivity index (χ0) is 16.1. The van der Waals surface area contributed by atoms with Gasteiger partial charge in [0.05, 0.1) is 13.2 Å². The predicted molar refractivity (Wildman–Crippen MR) is 92.5 cm³/mol. The highest BCUT2D eigenvalue weighted by Gasteiger charge is 2.43. The van der Waals surface area contributed by atoms with Gasteiger partial charge in [-0.3, -0.25) is 4.90 Å². The number of likely N-dealkylation sites (tertiary alicyclic amines) is 1. The average Bonchev–Trinajstić information content (AvgIpc) is 3.16. The molecule has 2 aliphatic heterocycles. The molecular formula is C19H25AlFN2O. The van der Waals surface area contributed by atoms with E-state index in [2.05, 4.69) is 9.20 Å². The van der Waals surface area contributed by atoms with E-state index in [1.165, 1.54) is 37.1 Å². The Morgan fingerprint density at radius 1 is 1.12 bits per heavy atom. The number of rotatable bonds is 4. The van der Waals surface area contributed by atoms with E-state index in [1.54, 1.807) is 12.1 Å². The van der Waals surface area contributed by atoms with Gasteiger partial charge in [0, 0.05) is 37.0 Å². The third kappa shape index (κ3) is 2.95. The average molecular weight is 343 g/mol. The molecule has 3 fully saturated rings. The van der Waals surface area contributed by atoms with E-state index >= 15 is 0 Å². The molecule has 1 radical (unpaired) electrons. The van der Waals surface area contributed by atoms with E-state index in [9.17, 15) is 4.39 Å². The third-order valence-electron chi connectivity index (χ3n) is 6.41. The van der Waals surface area contributed by atoms with E-state index in [4.69, 9.17) is 4.74 Å². The van der Waals surface area contributed by atoms with E-state index in [1.807, 2.05) is 6.07 Å². The minimum Gasteiger partial charge on any atom is -0.398 e. The second kappa shape index (κ2) is 6.38.